The molecule has 0 unspecified atom stereocenters. The highest BCUT2D eigenvalue weighted by molar-refractivity contribution is 9.10. The van der Waals surface area contributed by atoms with E-state index in [-0.39, 0.29) is 0 Å². The van der Waals surface area contributed by atoms with Crippen LogP contribution < -0.4 is 10.1 Å². The fourth-order valence-corrected chi connectivity index (χ4v) is 1.84. The molecule has 0 bridgehead atoms. The van der Waals surface area contributed by atoms with Gasteiger partial charge in [0.25, 0.3) is 0 Å². The van der Waals surface area contributed by atoms with Gasteiger partial charge in [-0.25, -0.2) is 0 Å². The van der Waals surface area contributed by atoms with Crippen LogP contribution in [0.4, 0.5) is 0 Å². The van der Waals surface area contributed by atoms with E-state index in [1.807, 2.05) is 31.2 Å². The third-order valence-corrected chi connectivity index (χ3v) is 3.17. The van der Waals surface area contributed by atoms with Crippen LogP contribution in [0.2, 0.25) is 0 Å². The van der Waals surface area contributed by atoms with Crippen LogP contribution in [0.15, 0.2) is 39.4 Å². The number of nitrogens with one attached hydrogen (secondary N) is 1. The van der Waals surface area contributed by atoms with E-state index >= 15 is 0 Å². The van der Waals surface area contributed by atoms with Crippen LogP contribution in [-0.4, -0.2) is 11.5 Å². The molecule has 0 saturated carbocycles. The zero-order valence-electron chi connectivity index (χ0n) is 10.1. The largest absolute Gasteiger partial charge is 0.445 e. The van der Waals surface area contributed by atoms with Gasteiger partial charge < -0.3 is 14.5 Å². The smallest absolute Gasteiger partial charge is 0.394 e. The maximum absolute atomic E-state index is 5.50. The lowest BCUT2D eigenvalue weighted by atomic mass is 10.2. The van der Waals surface area contributed by atoms with Crippen molar-refractivity contribution in [2.24, 2.45) is 0 Å². The zero-order chi connectivity index (χ0) is 12.8. The number of rotatable bonds is 6. The third kappa shape index (κ3) is 3.58. The molecule has 0 fully saturated rings. The summed E-state index contributed by atoms with van der Waals surface area (Å²) in [5.74, 6) is 0. The summed E-state index contributed by atoms with van der Waals surface area (Å²) < 4.78 is 11.8. The SMILES string of the molecule is CCNCc1coc(OCc2ccccc2Br)n1. The highest BCUT2D eigenvalue weighted by Crippen LogP contribution is 2.18. The molecule has 0 aliphatic rings. The minimum atomic E-state index is 0.304. The Balaban J connectivity index is 1.90. The quantitative estimate of drug-likeness (QED) is 0.890. The summed E-state index contributed by atoms with van der Waals surface area (Å²) in [6.07, 6.45) is 1.91. The number of nitrogens with zero attached hydrogens (tertiary/aromatic N) is 1. The number of hydrogen-bond acceptors (Lipinski definition) is 4. The molecule has 1 aromatic heterocycles. The van der Waals surface area contributed by atoms with Gasteiger partial charge in [0.15, 0.2) is 0 Å². The molecule has 96 valence electrons. The van der Waals surface area contributed by atoms with E-state index in [1.54, 1.807) is 6.26 Å². The topological polar surface area (TPSA) is 47.3 Å². The molecule has 4 nitrogen and oxygen atoms in total. The van der Waals surface area contributed by atoms with Gasteiger partial charge in [0.1, 0.15) is 12.9 Å². The van der Waals surface area contributed by atoms with Gasteiger partial charge in [-0.3, -0.25) is 0 Å². The maximum atomic E-state index is 5.50. The van der Waals surface area contributed by atoms with E-state index in [1.165, 1.54) is 0 Å². The Hall–Kier alpha value is -1.33. The number of benzene rings is 1. The number of halogens is 1. The first kappa shape index (κ1) is 13.1. The molecule has 0 aliphatic heterocycles. The summed E-state index contributed by atoms with van der Waals surface area (Å²) in [4.78, 5) is 4.23. The van der Waals surface area contributed by atoms with Crippen molar-refractivity contribution in [1.82, 2.24) is 10.3 Å². The first-order valence-electron chi connectivity index (χ1n) is 5.81. The summed E-state index contributed by atoms with van der Waals surface area (Å²) in [5, 5.41) is 3.18. The van der Waals surface area contributed by atoms with Crippen molar-refractivity contribution in [3.63, 3.8) is 0 Å². The van der Waals surface area contributed by atoms with Gasteiger partial charge in [-0.2, -0.15) is 4.98 Å². The highest BCUT2D eigenvalue weighted by atomic mass is 79.9. The lowest BCUT2D eigenvalue weighted by molar-refractivity contribution is 0.219. The van der Waals surface area contributed by atoms with Crippen LogP contribution in [0.3, 0.4) is 0 Å². The monoisotopic (exact) mass is 310 g/mol. The molecule has 0 saturated heterocycles. The van der Waals surface area contributed by atoms with E-state index in [9.17, 15) is 0 Å². The molecule has 0 amide bonds. The molecule has 1 aromatic carbocycles. The lowest BCUT2D eigenvalue weighted by Gasteiger charge is -2.03. The van der Waals surface area contributed by atoms with Gasteiger partial charge in [-0.1, -0.05) is 41.1 Å². The second-order valence-corrected chi connectivity index (χ2v) is 4.62. The number of oxazole rings is 1. The Labute approximate surface area is 114 Å². The molecule has 5 heteroatoms. The Bertz CT molecular complexity index is 499. The van der Waals surface area contributed by atoms with Crippen LogP contribution in [0.1, 0.15) is 18.2 Å². The van der Waals surface area contributed by atoms with E-state index in [2.05, 4.69) is 26.2 Å². The molecule has 0 radical (unpaired) electrons. The predicted octanol–water partition coefficient (Wildman–Crippen LogP) is 3.13. The van der Waals surface area contributed by atoms with Crippen LogP contribution in [0, 0.1) is 0 Å². The van der Waals surface area contributed by atoms with Crippen LogP contribution in [0.5, 0.6) is 6.08 Å². The Morgan fingerprint density at radius 1 is 1.39 bits per heavy atom. The van der Waals surface area contributed by atoms with Crippen molar-refractivity contribution in [3.05, 3.63) is 46.3 Å². The Morgan fingerprint density at radius 3 is 3.00 bits per heavy atom. The van der Waals surface area contributed by atoms with Crippen LogP contribution >= 0.6 is 15.9 Å². The molecular weight excluding hydrogens is 296 g/mol. The lowest BCUT2D eigenvalue weighted by Crippen LogP contribution is -2.11. The summed E-state index contributed by atoms with van der Waals surface area (Å²) >= 11 is 3.47. The van der Waals surface area contributed by atoms with Crippen molar-refractivity contribution in [1.29, 1.82) is 0 Å². The van der Waals surface area contributed by atoms with Gasteiger partial charge in [0.05, 0.1) is 5.69 Å². The van der Waals surface area contributed by atoms with Gasteiger partial charge in [0.2, 0.25) is 0 Å². The van der Waals surface area contributed by atoms with E-state index < -0.39 is 0 Å². The summed E-state index contributed by atoms with van der Waals surface area (Å²) in [7, 11) is 0. The molecule has 0 aliphatic carbocycles. The standard InChI is InChI=1S/C13H15BrN2O2/c1-2-15-7-11-9-18-13(16-11)17-8-10-5-3-4-6-12(10)14/h3-6,9,15H,2,7-8H2,1H3. The first-order valence-corrected chi connectivity index (χ1v) is 6.60. The molecule has 18 heavy (non-hydrogen) atoms. The molecule has 2 aromatic rings. The molecule has 1 N–H and O–H groups in total. The molecule has 1 heterocycles. The molecular formula is C13H15BrN2O2. The summed E-state index contributed by atoms with van der Waals surface area (Å²) in [5.41, 5.74) is 1.91. The zero-order valence-corrected chi connectivity index (χ0v) is 11.7. The van der Waals surface area contributed by atoms with E-state index in [0.29, 0.717) is 19.2 Å². The average molecular weight is 311 g/mol. The number of aromatic nitrogens is 1. The predicted molar refractivity (Wildman–Crippen MR) is 72.4 cm³/mol. The van der Waals surface area contributed by atoms with Gasteiger partial charge >= 0.3 is 6.08 Å². The van der Waals surface area contributed by atoms with Gasteiger partial charge in [0, 0.05) is 16.6 Å². The summed E-state index contributed by atoms with van der Waals surface area (Å²) in [6.45, 7) is 4.07. The minimum absolute atomic E-state index is 0.304. The fraction of sp³-hybridized carbons (Fsp3) is 0.308. The molecule has 0 spiro atoms. The second-order valence-electron chi connectivity index (χ2n) is 3.77. The molecule has 2 rings (SSSR count). The van der Waals surface area contributed by atoms with Crippen molar-refractivity contribution < 1.29 is 9.15 Å². The fourth-order valence-electron chi connectivity index (χ4n) is 1.44. The van der Waals surface area contributed by atoms with Gasteiger partial charge in [-0.05, 0) is 12.6 Å². The maximum Gasteiger partial charge on any atom is 0.394 e. The Morgan fingerprint density at radius 2 is 2.22 bits per heavy atom. The van der Waals surface area contributed by atoms with Crippen molar-refractivity contribution in [3.8, 4) is 6.08 Å². The third-order valence-electron chi connectivity index (χ3n) is 2.40. The highest BCUT2D eigenvalue weighted by Gasteiger charge is 2.06. The van der Waals surface area contributed by atoms with E-state index in [0.717, 1.165) is 22.3 Å². The second kappa shape index (κ2) is 6.56. The first-order chi connectivity index (χ1) is 8.79. The number of hydrogen-bond donors (Lipinski definition) is 1. The van der Waals surface area contributed by atoms with Crippen LogP contribution in [0.25, 0.3) is 0 Å². The van der Waals surface area contributed by atoms with Crippen molar-refractivity contribution in [2.75, 3.05) is 6.54 Å². The van der Waals surface area contributed by atoms with Crippen molar-refractivity contribution in [2.45, 2.75) is 20.1 Å². The summed E-state index contributed by atoms with van der Waals surface area (Å²) in [6, 6.07) is 7.90. The number of ether oxygens (including phenoxy) is 1. The average Bonchev–Trinajstić information content (AvgIpc) is 2.83. The van der Waals surface area contributed by atoms with Crippen LogP contribution in [-0.2, 0) is 13.2 Å². The molecule has 0 atom stereocenters. The normalized spacial score (nSPS) is 10.6. The minimum Gasteiger partial charge on any atom is -0.445 e. The Kier molecular flexibility index (Phi) is 4.78. The van der Waals surface area contributed by atoms with E-state index in [4.69, 9.17) is 9.15 Å². The van der Waals surface area contributed by atoms with Crippen molar-refractivity contribution >= 4 is 15.9 Å². The van der Waals surface area contributed by atoms with Gasteiger partial charge in [-0.15, -0.1) is 0 Å².